The van der Waals surface area contributed by atoms with Gasteiger partial charge in [-0.15, -0.1) is 0 Å². The molecule has 158 valence electrons. The van der Waals surface area contributed by atoms with Crippen LogP contribution in [0.15, 0.2) is 54.7 Å². The van der Waals surface area contributed by atoms with Crippen LogP contribution in [0.5, 0.6) is 5.75 Å². The maximum atomic E-state index is 13.0. The number of aromatic amines is 1. The molecule has 0 saturated heterocycles. The van der Waals surface area contributed by atoms with Gasteiger partial charge in [0.15, 0.2) is 0 Å². The fourth-order valence-corrected chi connectivity index (χ4v) is 3.06. The van der Waals surface area contributed by atoms with Crippen LogP contribution in [-0.2, 0) is 16.0 Å². The van der Waals surface area contributed by atoms with E-state index >= 15 is 0 Å². The number of carbonyl (C=O) groups is 2. The summed E-state index contributed by atoms with van der Waals surface area (Å²) in [5.41, 5.74) is 2.52. The van der Waals surface area contributed by atoms with Crippen molar-refractivity contribution in [2.45, 2.75) is 26.3 Å². The van der Waals surface area contributed by atoms with Crippen LogP contribution in [0.4, 0.5) is 10.5 Å². The first-order chi connectivity index (χ1) is 14.5. The first kappa shape index (κ1) is 21.2. The Bertz CT molecular complexity index is 995. The van der Waals surface area contributed by atoms with E-state index in [-0.39, 0.29) is 18.4 Å². The lowest BCUT2D eigenvalue weighted by atomic mass is 10.0. The van der Waals surface area contributed by atoms with Crippen molar-refractivity contribution in [3.05, 3.63) is 60.3 Å². The van der Waals surface area contributed by atoms with E-state index in [1.54, 1.807) is 31.4 Å². The van der Waals surface area contributed by atoms with Crippen molar-refractivity contribution in [2.75, 3.05) is 19.0 Å². The van der Waals surface area contributed by atoms with Gasteiger partial charge in [-0.25, -0.2) is 4.79 Å². The molecule has 3 rings (SSSR count). The van der Waals surface area contributed by atoms with Crippen LogP contribution in [0.1, 0.15) is 19.4 Å². The van der Waals surface area contributed by atoms with Crippen molar-refractivity contribution < 1.29 is 19.1 Å². The van der Waals surface area contributed by atoms with E-state index in [0.717, 1.165) is 16.5 Å². The number of rotatable bonds is 8. The molecule has 0 spiro atoms. The average Bonchev–Trinajstić information content (AvgIpc) is 3.15. The molecule has 1 aromatic heterocycles. The zero-order valence-corrected chi connectivity index (χ0v) is 17.4. The van der Waals surface area contributed by atoms with Gasteiger partial charge >= 0.3 is 6.09 Å². The van der Waals surface area contributed by atoms with Crippen LogP contribution in [0.3, 0.4) is 0 Å². The summed E-state index contributed by atoms with van der Waals surface area (Å²) in [6.45, 7) is 4.19. The third-order valence-corrected chi connectivity index (χ3v) is 4.61. The normalized spacial score (nSPS) is 11.9. The number of hydrogen-bond donors (Lipinski definition) is 3. The van der Waals surface area contributed by atoms with Gasteiger partial charge in [-0.3, -0.25) is 4.79 Å². The van der Waals surface area contributed by atoms with Gasteiger partial charge in [0, 0.05) is 29.2 Å². The Morgan fingerprint density at radius 3 is 2.50 bits per heavy atom. The largest absolute Gasteiger partial charge is 0.497 e. The minimum Gasteiger partial charge on any atom is -0.497 e. The lowest BCUT2D eigenvalue weighted by molar-refractivity contribution is -0.118. The number of nitrogens with one attached hydrogen (secondary N) is 3. The second-order valence-corrected chi connectivity index (χ2v) is 7.47. The van der Waals surface area contributed by atoms with Crippen LogP contribution >= 0.6 is 0 Å². The van der Waals surface area contributed by atoms with Crippen molar-refractivity contribution in [2.24, 2.45) is 5.92 Å². The Morgan fingerprint density at radius 1 is 1.07 bits per heavy atom. The number of methoxy groups -OCH3 is 1. The Labute approximate surface area is 175 Å². The van der Waals surface area contributed by atoms with Crippen molar-refractivity contribution >= 4 is 28.6 Å². The molecule has 2 amide bonds. The third-order valence-electron chi connectivity index (χ3n) is 4.61. The molecular weight excluding hydrogens is 382 g/mol. The molecule has 0 bridgehead atoms. The maximum Gasteiger partial charge on any atom is 0.407 e. The zero-order valence-electron chi connectivity index (χ0n) is 17.4. The zero-order chi connectivity index (χ0) is 21.5. The Hall–Kier alpha value is -3.48. The van der Waals surface area contributed by atoms with Crippen LogP contribution in [0.25, 0.3) is 10.9 Å². The number of benzene rings is 2. The Morgan fingerprint density at radius 2 is 1.80 bits per heavy atom. The SMILES string of the molecule is COc1ccc(NC(=O)[C@@H](Cc2c[nH]c3ccccc23)NC(=O)OCC(C)C)cc1. The van der Waals surface area contributed by atoms with Gasteiger partial charge in [0.25, 0.3) is 0 Å². The first-order valence-corrected chi connectivity index (χ1v) is 9.89. The van der Waals surface area contributed by atoms with Crippen LogP contribution in [0.2, 0.25) is 0 Å². The standard InChI is InChI=1S/C23H27N3O4/c1-15(2)14-30-23(28)26-21(12-16-13-24-20-7-5-4-6-19(16)20)22(27)25-17-8-10-18(29-3)11-9-17/h4-11,13,15,21,24H,12,14H2,1-3H3,(H,25,27)(H,26,28)/t21-/m1/s1. The molecule has 3 N–H and O–H groups in total. The Balaban J connectivity index is 1.76. The number of aromatic nitrogens is 1. The van der Waals surface area contributed by atoms with E-state index < -0.39 is 12.1 Å². The minimum atomic E-state index is -0.800. The fraction of sp³-hybridized carbons (Fsp3) is 0.304. The van der Waals surface area contributed by atoms with Crippen molar-refractivity contribution in [3.8, 4) is 5.75 Å². The molecule has 30 heavy (non-hydrogen) atoms. The van der Waals surface area contributed by atoms with Gasteiger partial charge < -0.3 is 25.1 Å². The highest BCUT2D eigenvalue weighted by Crippen LogP contribution is 2.20. The molecule has 1 atom stereocenters. The van der Waals surface area contributed by atoms with Gasteiger partial charge in [0.05, 0.1) is 13.7 Å². The summed E-state index contributed by atoms with van der Waals surface area (Å²) >= 11 is 0. The summed E-state index contributed by atoms with van der Waals surface area (Å²) < 4.78 is 10.4. The number of carbonyl (C=O) groups excluding carboxylic acids is 2. The van der Waals surface area contributed by atoms with Gasteiger partial charge in [-0.05, 0) is 41.8 Å². The van der Waals surface area contributed by atoms with Gasteiger partial charge in [0.1, 0.15) is 11.8 Å². The molecule has 0 saturated carbocycles. The minimum absolute atomic E-state index is 0.205. The van der Waals surface area contributed by atoms with Crippen molar-refractivity contribution in [3.63, 3.8) is 0 Å². The fourth-order valence-electron chi connectivity index (χ4n) is 3.06. The van der Waals surface area contributed by atoms with Crippen LogP contribution in [-0.4, -0.2) is 36.7 Å². The van der Waals surface area contributed by atoms with Crippen molar-refractivity contribution in [1.82, 2.24) is 10.3 Å². The monoisotopic (exact) mass is 409 g/mol. The third kappa shape index (κ3) is 5.53. The van der Waals surface area contributed by atoms with E-state index in [0.29, 0.717) is 17.9 Å². The lowest BCUT2D eigenvalue weighted by Gasteiger charge is -2.19. The quantitative estimate of drug-likeness (QED) is 0.522. The molecule has 3 aromatic rings. The van der Waals surface area contributed by atoms with Gasteiger partial charge in [-0.2, -0.15) is 0 Å². The number of ether oxygens (including phenoxy) is 2. The predicted molar refractivity (Wildman–Crippen MR) is 117 cm³/mol. The van der Waals surface area contributed by atoms with Gasteiger partial charge in [0.2, 0.25) is 5.91 Å². The highest BCUT2D eigenvalue weighted by molar-refractivity contribution is 5.97. The maximum absolute atomic E-state index is 13.0. The first-order valence-electron chi connectivity index (χ1n) is 9.89. The molecule has 0 fully saturated rings. The molecule has 7 heteroatoms. The van der Waals surface area contributed by atoms with E-state index in [1.165, 1.54) is 0 Å². The molecule has 1 heterocycles. The van der Waals surface area contributed by atoms with Gasteiger partial charge in [-0.1, -0.05) is 32.0 Å². The topological polar surface area (TPSA) is 92.5 Å². The summed E-state index contributed by atoms with van der Waals surface area (Å²) in [5.74, 6) is 0.571. The summed E-state index contributed by atoms with van der Waals surface area (Å²) in [5, 5.41) is 6.57. The van der Waals surface area contributed by atoms with Crippen molar-refractivity contribution in [1.29, 1.82) is 0 Å². The molecule has 0 aliphatic carbocycles. The molecular formula is C23H27N3O4. The summed E-state index contributed by atoms with van der Waals surface area (Å²) in [7, 11) is 1.58. The summed E-state index contributed by atoms with van der Waals surface area (Å²) in [4.78, 5) is 28.4. The number of para-hydroxylation sites is 1. The van der Waals surface area contributed by atoms with E-state index in [9.17, 15) is 9.59 Å². The highest BCUT2D eigenvalue weighted by atomic mass is 16.5. The molecule has 0 aliphatic rings. The molecule has 0 aliphatic heterocycles. The Kier molecular flexibility index (Phi) is 6.95. The number of alkyl carbamates (subject to hydrolysis) is 1. The van der Waals surface area contributed by atoms with Crippen LogP contribution < -0.4 is 15.4 Å². The average molecular weight is 409 g/mol. The predicted octanol–water partition coefficient (Wildman–Crippen LogP) is 4.11. The molecule has 0 unspecified atom stereocenters. The second-order valence-electron chi connectivity index (χ2n) is 7.47. The number of hydrogen-bond acceptors (Lipinski definition) is 4. The lowest BCUT2D eigenvalue weighted by Crippen LogP contribution is -2.45. The molecule has 7 nitrogen and oxygen atoms in total. The molecule has 2 aromatic carbocycles. The van der Waals surface area contributed by atoms with E-state index in [1.807, 2.05) is 44.3 Å². The second kappa shape index (κ2) is 9.82. The summed E-state index contributed by atoms with van der Waals surface area (Å²) in [6.07, 6.45) is 1.57. The smallest absolute Gasteiger partial charge is 0.407 e. The van der Waals surface area contributed by atoms with Crippen LogP contribution in [0, 0.1) is 5.92 Å². The molecule has 0 radical (unpaired) electrons. The number of fused-ring (bicyclic) bond motifs is 1. The summed E-state index contributed by atoms with van der Waals surface area (Å²) in [6, 6.07) is 14.0. The number of amides is 2. The van der Waals surface area contributed by atoms with E-state index in [4.69, 9.17) is 9.47 Å². The highest BCUT2D eigenvalue weighted by Gasteiger charge is 2.23. The number of H-pyrrole nitrogens is 1. The van der Waals surface area contributed by atoms with E-state index in [2.05, 4.69) is 15.6 Å². The number of anilines is 1.